The minimum absolute atomic E-state index is 0.449. The zero-order chi connectivity index (χ0) is 14.4. The third-order valence-corrected chi connectivity index (χ3v) is 3.33. The molecule has 0 bridgehead atoms. The first-order valence-electron chi connectivity index (χ1n) is 6.81. The van der Waals surface area contributed by atoms with Crippen molar-refractivity contribution in [2.45, 2.75) is 18.9 Å². The molecule has 2 rings (SSSR count). The third-order valence-electron chi connectivity index (χ3n) is 3.33. The van der Waals surface area contributed by atoms with E-state index < -0.39 is 6.10 Å². The Morgan fingerprint density at radius 2 is 1.10 bits per heavy atom. The van der Waals surface area contributed by atoms with E-state index in [9.17, 15) is 5.11 Å². The van der Waals surface area contributed by atoms with Crippen LogP contribution in [0.5, 0.6) is 0 Å². The van der Waals surface area contributed by atoms with Gasteiger partial charge in [0, 0.05) is 0 Å². The monoisotopic (exact) mass is 264 g/mol. The zero-order valence-electron chi connectivity index (χ0n) is 11.6. The number of hydrogen-bond donors (Lipinski definition) is 1. The average molecular weight is 264 g/mol. The average Bonchev–Trinajstić information content (AvgIpc) is 2.49. The van der Waals surface area contributed by atoms with E-state index in [0.29, 0.717) is 12.8 Å². The Balaban J connectivity index is 1.91. The fourth-order valence-electron chi connectivity index (χ4n) is 2.22. The van der Waals surface area contributed by atoms with Gasteiger partial charge in [-0.05, 0) is 35.1 Å². The van der Waals surface area contributed by atoms with Crippen LogP contribution in [0, 0.1) is 0 Å². The maximum absolute atomic E-state index is 10.2. The molecule has 0 aliphatic carbocycles. The van der Waals surface area contributed by atoms with E-state index in [-0.39, 0.29) is 0 Å². The normalized spacial score (nSPS) is 10.5. The van der Waals surface area contributed by atoms with Gasteiger partial charge in [0.1, 0.15) is 0 Å². The summed E-state index contributed by atoms with van der Waals surface area (Å²) in [6.07, 6.45) is 0.682. The molecular weight excluding hydrogens is 244 g/mol. The molecule has 2 aromatic rings. The van der Waals surface area contributed by atoms with Crippen LogP contribution in [0.15, 0.2) is 73.8 Å². The van der Waals surface area contributed by atoms with Gasteiger partial charge in [0.2, 0.25) is 0 Å². The number of benzene rings is 2. The second-order valence-electron chi connectivity index (χ2n) is 5.00. The molecule has 0 aliphatic rings. The van der Waals surface area contributed by atoms with Crippen LogP contribution in [-0.2, 0) is 0 Å². The van der Waals surface area contributed by atoms with Crippen molar-refractivity contribution in [2.75, 3.05) is 0 Å². The Morgan fingerprint density at radius 3 is 1.45 bits per heavy atom. The van der Waals surface area contributed by atoms with Crippen LogP contribution in [0.1, 0.15) is 24.0 Å². The van der Waals surface area contributed by atoms with Crippen LogP contribution in [-0.4, -0.2) is 11.2 Å². The molecule has 0 atom stereocenters. The van der Waals surface area contributed by atoms with Gasteiger partial charge in [0.25, 0.3) is 0 Å². The summed E-state index contributed by atoms with van der Waals surface area (Å²) in [7, 11) is 0. The van der Waals surface area contributed by atoms with Gasteiger partial charge in [0.15, 0.2) is 0 Å². The van der Waals surface area contributed by atoms with Crippen molar-refractivity contribution in [3.05, 3.63) is 84.9 Å². The first-order chi connectivity index (χ1) is 9.66. The Labute approximate surface area is 120 Å². The van der Waals surface area contributed by atoms with E-state index in [1.54, 1.807) is 0 Å². The highest BCUT2D eigenvalue weighted by Gasteiger charge is 2.10. The second-order valence-corrected chi connectivity index (χ2v) is 5.00. The van der Waals surface area contributed by atoms with Crippen LogP contribution in [0.2, 0.25) is 0 Å². The molecule has 0 heterocycles. The van der Waals surface area contributed by atoms with Gasteiger partial charge in [-0.2, -0.15) is 0 Å². The molecule has 102 valence electrons. The lowest BCUT2D eigenvalue weighted by Crippen LogP contribution is -2.07. The molecule has 1 nitrogen and oxygen atoms in total. The summed E-state index contributed by atoms with van der Waals surface area (Å²) in [5.74, 6) is 0. The van der Waals surface area contributed by atoms with Crippen molar-refractivity contribution in [1.29, 1.82) is 0 Å². The predicted molar refractivity (Wildman–Crippen MR) is 86.2 cm³/mol. The molecule has 0 radical (unpaired) electrons. The van der Waals surface area contributed by atoms with Crippen molar-refractivity contribution < 1.29 is 5.11 Å². The zero-order valence-corrected chi connectivity index (χ0v) is 11.6. The van der Waals surface area contributed by atoms with Crippen LogP contribution in [0.4, 0.5) is 0 Å². The summed E-state index contributed by atoms with van der Waals surface area (Å²) < 4.78 is 0. The third kappa shape index (κ3) is 3.94. The summed E-state index contributed by atoms with van der Waals surface area (Å²) in [4.78, 5) is 0. The van der Waals surface area contributed by atoms with Gasteiger partial charge in [0.05, 0.1) is 6.10 Å². The topological polar surface area (TPSA) is 20.2 Å². The van der Waals surface area contributed by atoms with E-state index in [0.717, 1.165) is 22.3 Å². The fourth-order valence-corrected chi connectivity index (χ4v) is 2.22. The highest BCUT2D eigenvalue weighted by Crippen LogP contribution is 2.23. The lowest BCUT2D eigenvalue weighted by Gasteiger charge is -2.14. The fraction of sp³-hybridized carbons (Fsp3) is 0.158. The van der Waals surface area contributed by atoms with Gasteiger partial charge in [-0.3, -0.25) is 0 Å². The minimum atomic E-state index is -0.449. The molecule has 0 aromatic heterocycles. The van der Waals surface area contributed by atoms with E-state index in [1.807, 2.05) is 60.7 Å². The number of hydrogen-bond acceptors (Lipinski definition) is 1. The van der Waals surface area contributed by atoms with Crippen molar-refractivity contribution in [1.82, 2.24) is 0 Å². The van der Waals surface area contributed by atoms with Crippen LogP contribution in [0.25, 0.3) is 11.1 Å². The van der Waals surface area contributed by atoms with E-state index in [1.165, 1.54) is 0 Å². The summed E-state index contributed by atoms with van der Waals surface area (Å²) in [5.41, 5.74) is 4.08. The smallest absolute Gasteiger partial charge is 0.0620 e. The first-order valence-corrected chi connectivity index (χ1v) is 6.81. The van der Waals surface area contributed by atoms with Crippen LogP contribution >= 0.6 is 0 Å². The highest BCUT2D eigenvalue weighted by atomic mass is 16.3. The van der Waals surface area contributed by atoms with E-state index in [4.69, 9.17) is 0 Å². The quantitative estimate of drug-likeness (QED) is 0.811. The first kappa shape index (κ1) is 14.3. The molecule has 0 spiro atoms. The molecule has 0 fully saturated rings. The van der Waals surface area contributed by atoms with Crippen molar-refractivity contribution in [3.8, 4) is 0 Å². The van der Waals surface area contributed by atoms with Gasteiger partial charge < -0.3 is 5.11 Å². The van der Waals surface area contributed by atoms with Gasteiger partial charge >= 0.3 is 0 Å². The van der Waals surface area contributed by atoms with Crippen molar-refractivity contribution in [2.24, 2.45) is 0 Å². The molecule has 0 amide bonds. The highest BCUT2D eigenvalue weighted by molar-refractivity contribution is 5.66. The standard InChI is InChI=1S/C19H20O/c1-15(17-9-5-3-6-10-17)13-19(20)14-16(2)18-11-7-4-8-12-18/h3-12,19-20H,1-2,13-14H2. The largest absolute Gasteiger partial charge is 0.392 e. The molecule has 1 heteroatoms. The van der Waals surface area contributed by atoms with E-state index >= 15 is 0 Å². The summed E-state index contributed by atoms with van der Waals surface area (Å²) in [5, 5.41) is 10.2. The van der Waals surface area contributed by atoms with Gasteiger partial charge in [-0.15, -0.1) is 0 Å². The Kier molecular flexibility index (Phi) is 4.91. The summed E-state index contributed by atoms with van der Waals surface area (Å²) in [6.45, 7) is 8.11. The Morgan fingerprint density at radius 1 is 0.750 bits per heavy atom. The molecule has 0 unspecified atom stereocenters. The molecule has 2 aromatic carbocycles. The van der Waals surface area contributed by atoms with Crippen molar-refractivity contribution in [3.63, 3.8) is 0 Å². The van der Waals surface area contributed by atoms with Gasteiger partial charge in [-0.1, -0.05) is 73.8 Å². The molecule has 0 saturated heterocycles. The lowest BCUT2D eigenvalue weighted by molar-refractivity contribution is 0.186. The molecular formula is C19H20O. The number of aliphatic hydroxyl groups excluding tert-OH is 1. The number of aliphatic hydroxyl groups is 1. The second kappa shape index (κ2) is 6.88. The van der Waals surface area contributed by atoms with Gasteiger partial charge in [-0.25, -0.2) is 0 Å². The minimum Gasteiger partial charge on any atom is -0.392 e. The molecule has 0 aliphatic heterocycles. The molecule has 1 N–H and O–H groups in total. The molecule has 0 saturated carbocycles. The SMILES string of the molecule is C=C(CC(O)CC(=C)c1ccccc1)c1ccccc1. The van der Waals surface area contributed by atoms with Crippen LogP contribution in [0.3, 0.4) is 0 Å². The van der Waals surface area contributed by atoms with Crippen molar-refractivity contribution >= 4 is 11.1 Å². The maximum Gasteiger partial charge on any atom is 0.0620 e. The summed E-state index contributed by atoms with van der Waals surface area (Å²) in [6, 6.07) is 19.9. The summed E-state index contributed by atoms with van der Waals surface area (Å²) >= 11 is 0. The lowest BCUT2D eigenvalue weighted by atomic mass is 9.95. The predicted octanol–water partition coefficient (Wildman–Crippen LogP) is 4.55. The molecule has 20 heavy (non-hydrogen) atoms. The van der Waals surface area contributed by atoms with E-state index in [2.05, 4.69) is 13.2 Å². The Bertz CT molecular complexity index is 516. The number of rotatable bonds is 6. The van der Waals surface area contributed by atoms with Crippen LogP contribution < -0.4 is 0 Å². The maximum atomic E-state index is 10.2. The Hall–Kier alpha value is -2.12.